The van der Waals surface area contributed by atoms with Gasteiger partial charge < -0.3 is 9.32 Å². The predicted molar refractivity (Wildman–Crippen MR) is 73.6 cm³/mol. The van der Waals surface area contributed by atoms with Crippen molar-refractivity contribution in [3.63, 3.8) is 0 Å². The first-order valence-corrected chi connectivity index (χ1v) is 7.57. The Kier molecular flexibility index (Phi) is 3.63. The van der Waals surface area contributed by atoms with Gasteiger partial charge in [-0.15, -0.1) is 0 Å². The van der Waals surface area contributed by atoms with Gasteiger partial charge in [-0.05, 0) is 30.7 Å². The third-order valence-corrected chi connectivity index (χ3v) is 4.86. The number of furan rings is 1. The lowest BCUT2D eigenvalue weighted by Gasteiger charge is -2.23. The van der Waals surface area contributed by atoms with Crippen LogP contribution in [0.1, 0.15) is 50.4 Å². The third-order valence-electron chi connectivity index (χ3n) is 4.86. The quantitative estimate of drug-likeness (QED) is 0.817. The van der Waals surface area contributed by atoms with E-state index in [0.29, 0.717) is 11.8 Å². The van der Waals surface area contributed by atoms with Gasteiger partial charge in [0.15, 0.2) is 0 Å². The van der Waals surface area contributed by atoms with Crippen LogP contribution in [0.4, 0.5) is 0 Å². The van der Waals surface area contributed by atoms with Gasteiger partial charge in [0.2, 0.25) is 5.91 Å². The lowest BCUT2D eigenvalue weighted by atomic mass is 9.94. The van der Waals surface area contributed by atoms with Crippen molar-refractivity contribution in [3.05, 3.63) is 23.7 Å². The molecule has 0 N–H and O–H groups in total. The summed E-state index contributed by atoms with van der Waals surface area (Å²) in [6.45, 7) is 3.91. The molecule has 0 spiro atoms. The molecule has 0 radical (unpaired) electrons. The summed E-state index contributed by atoms with van der Waals surface area (Å²) < 4.78 is 5.48. The zero-order valence-corrected chi connectivity index (χ0v) is 11.7. The Balaban J connectivity index is 1.63. The highest BCUT2D eigenvalue weighted by atomic mass is 16.3. The molecule has 19 heavy (non-hydrogen) atoms. The number of amides is 1. The molecule has 1 fully saturated rings. The Morgan fingerprint density at radius 2 is 2.32 bits per heavy atom. The maximum absolute atomic E-state index is 12.5. The first-order chi connectivity index (χ1) is 9.24. The van der Waals surface area contributed by atoms with Gasteiger partial charge in [0, 0.05) is 31.5 Å². The van der Waals surface area contributed by atoms with Crippen molar-refractivity contribution in [1.82, 2.24) is 4.90 Å². The monoisotopic (exact) mass is 261 g/mol. The number of carbonyl (C=O) groups excluding carboxylic acids is 1. The fraction of sp³-hybridized carbons (Fsp3) is 0.688. The fourth-order valence-electron chi connectivity index (χ4n) is 3.53. The number of nitrogens with zero attached hydrogens (tertiary/aromatic N) is 1. The van der Waals surface area contributed by atoms with E-state index in [4.69, 9.17) is 4.42 Å². The van der Waals surface area contributed by atoms with Gasteiger partial charge in [0.25, 0.3) is 0 Å². The van der Waals surface area contributed by atoms with Crippen LogP contribution in [0, 0.1) is 11.8 Å². The minimum atomic E-state index is 0.341. The van der Waals surface area contributed by atoms with Crippen LogP contribution in [0.2, 0.25) is 0 Å². The zero-order valence-electron chi connectivity index (χ0n) is 11.7. The lowest BCUT2D eigenvalue weighted by molar-refractivity contribution is -0.133. The van der Waals surface area contributed by atoms with Crippen LogP contribution in [-0.2, 0) is 17.8 Å². The second-order valence-electron chi connectivity index (χ2n) is 6.16. The molecule has 3 rings (SSSR count). The molecule has 3 nitrogen and oxygen atoms in total. The predicted octanol–water partition coefficient (Wildman–Crippen LogP) is 3.38. The summed E-state index contributed by atoms with van der Waals surface area (Å²) in [6.07, 6.45) is 8.30. The molecule has 1 aromatic heterocycles. The standard InChI is InChI=1S/C16H23NO2/c1-12-4-2-5-13(12)10-16(18)17-8-3-6-15-14(11-17)7-9-19-15/h7,9,12-13H,2-6,8,10-11H2,1H3/t12-,13+/m0/s1. The van der Waals surface area contributed by atoms with Crippen LogP contribution in [-0.4, -0.2) is 17.4 Å². The SMILES string of the molecule is C[C@H]1CCC[C@@H]1CC(=O)N1CCCc2occc2C1. The van der Waals surface area contributed by atoms with E-state index in [1.54, 1.807) is 6.26 Å². The highest BCUT2D eigenvalue weighted by Gasteiger charge is 2.28. The van der Waals surface area contributed by atoms with Crippen molar-refractivity contribution in [1.29, 1.82) is 0 Å². The number of hydrogen-bond donors (Lipinski definition) is 0. The number of aryl methyl sites for hydroxylation is 1. The van der Waals surface area contributed by atoms with Crippen molar-refractivity contribution in [2.24, 2.45) is 11.8 Å². The van der Waals surface area contributed by atoms with E-state index in [2.05, 4.69) is 6.92 Å². The summed E-state index contributed by atoms with van der Waals surface area (Å²) in [7, 11) is 0. The summed E-state index contributed by atoms with van der Waals surface area (Å²) in [4.78, 5) is 14.5. The molecular formula is C16H23NO2. The smallest absolute Gasteiger partial charge is 0.223 e. The normalized spacial score (nSPS) is 27.1. The maximum Gasteiger partial charge on any atom is 0.223 e. The summed E-state index contributed by atoms with van der Waals surface area (Å²) in [5.41, 5.74) is 1.20. The molecule has 0 bridgehead atoms. The van der Waals surface area contributed by atoms with E-state index < -0.39 is 0 Å². The Morgan fingerprint density at radius 3 is 3.11 bits per heavy atom. The minimum Gasteiger partial charge on any atom is -0.469 e. The van der Waals surface area contributed by atoms with Gasteiger partial charge in [0.05, 0.1) is 6.26 Å². The highest BCUT2D eigenvalue weighted by molar-refractivity contribution is 5.76. The molecule has 1 aliphatic carbocycles. The molecule has 3 heteroatoms. The first kappa shape index (κ1) is 12.8. The van der Waals surface area contributed by atoms with E-state index in [0.717, 1.165) is 44.0 Å². The Hall–Kier alpha value is -1.25. The maximum atomic E-state index is 12.5. The molecule has 0 saturated heterocycles. The van der Waals surface area contributed by atoms with Crippen LogP contribution < -0.4 is 0 Å². The first-order valence-electron chi connectivity index (χ1n) is 7.57. The van der Waals surface area contributed by atoms with Gasteiger partial charge >= 0.3 is 0 Å². The number of rotatable bonds is 2. The van der Waals surface area contributed by atoms with Crippen LogP contribution >= 0.6 is 0 Å². The molecule has 1 saturated carbocycles. The molecule has 1 amide bonds. The second-order valence-corrected chi connectivity index (χ2v) is 6.16. The van der Waals surface area contributed by atoms with Crippen LogP contribution in [0.5, 0.6) is 0 Å². The Labute approximate surface area is 115 Å². The van der Waals surface area contributed by atoms with Gasteiger partial charge in [-0.2, -0.15) is 0 Å². The summed E-state index contributed by atoms with van der Waals surface area (Å²) in [5, 5.41) is 0. The van der Waals surface area contributed by atoms with Crippen molar-refractivity contribution in [2.45, 2.75) is 52.0 Å². The molecular weight excluding hydrogens is 238 g/mol. The minimum absolute atomic E-state index is 0.341. The van der Waals surface area contributed by atoms with Crippen LogP contribution in [0.15, 0.2) is 16.7 Å². The van der Waals surface area contributed by atoms with E-state index in [9.17, 15) is 4.79 Å². The average molecular weight is 261 g/mol. The van der Waals surface area contributed by atoms with Gasteiger partial charge in [-0.3, -0.25) is 4.79 Å². The Bertz CT molecular complexity index is 451. The Morgan fingerprint density at radius 1 is 1.42 bits per heavy atom. The van der Waals surface area contributed by atoms with E-state index >= 15 is 0 Å². The molecule has 2 aliphatic rings. The third kappa shape index (κ3) is 2.70. The second kappa shape index (κ2) is 5.40. The van der Waals surface area contributed by atoms with Gasteiger partial charge in [-0.25, -0.2) is 0 Å². The molecule has 2 atom stereocenters. The number of carbonyl (C=O) groups is 1. The summed E-state index contributed by atoms with van der Waals surface area (Å²) in [5.74, 6) is 2.75. The molecule has 0 aromatic carbocycles. The van der Waals surface area contributed by atoms with E-state index in [-0.39, 0.29) is 0 Å². The number of fused-ring (bicyclic) bond motifs is 1. The molecule has 1 aromatic rings. The van der Waals surface area contributed by atoms with Crippen LogP contribution in [0.3, 0.4) is 0 Å². The summed E-state index contributed by atoms with van der Waals surface area (Å²) >= 11 is 0. The van der Waals surface area contributed by atoms with Crippen molar-refractivity contribution >= 4 is 5.91 Å². The van der Waals surface area contributed by atoms with Gasteiger partial charge in [0.1, 0.15) is 5.76 Å². The average Bonchev–Trinajstić information content (AvgIpc) is 2.94. The fourth-order valence-corrected chi connectivity index (χ4v) is 3.53. The topological polar surface area (TPSA) is 33.5 Å². The number of hydrogen-bond acceptors (Lipinski definition) is 2. The molecule has 2 heterocycles. The van der Waals surface area contributed by atoms with Crippen LogP contribution in [0.25, 0.3) is 0 Å². The molecule has 104 valence electrons. The van der Waals surface area contributed by atoms with E-state index in [1.807, 2.05) is 11.0 Å². The largest absolute Gasteiger partial charge is 0.469 e. The zero-order chi connectivity index (χ0) is 13.2. The summed E-state index contributed by atoms with van der Waals surface area (Å²) in [6, 6.07) is 2.01. The van der Waals surface area contributed by atoms with Crippen molar-refractivity contribution in [2.75, 3.05) is 6.54 Å². The highest BCUT2D eigenvalue weighted by Crippen LogP contribution is 2.34. The molecule has 1 aliphatic heterocycles. The van der Waals surface area contributed by atoms with Gasteiger partial charge in [-0.1, -0.05) is 19.8 Å². The van der Waals surface area contributed by atoms with Crippen molar-refractivity contribution < 1.29 is 9.21 Å². The lowest BCUT2D eigenvalue weighted by Crippen LogP contribution is -2.32. The van der Waals surface area contributed by atoms with E-state index in [1.165, 1.54) is 24.8 Å². The molecule has 0 unspecified atom stereocenters. The van der Waals surface area contributed by atoms with Crippen molar-refractivity contribution in [3.8, 4) is 0 Å².